The van der Waals surface area contributed by atoms with Crippen molar-refractivity contribution in [3.05, 3.63) is 87.1 Å². The quantitative estimate of drug-likeness (QED) is 0.293. The van der Waals surface area contributed by atoms with Crippen LogP contribution >= 0.6 is 34.7 Å². The fraction of sp³-hybridized carbons (Fsp3) is 0.308. The van der Waals surface area contributed by atoms with Crippen LogP contribution in [0.2, 0.25) is 5.02 Å². The molecule has 36 heavy (non-hydrogen) atoms. The lowest BCUT2D eigenvalue weighted by Gasteiger charge is -2.33. The Morgan fingerprint density at radius 3 is 2.61 bits per heavy atom. The molecule has 2 aromatic carbocycles. The van der Waals surface area contributed by atoms with Crippen LogP contribution in [0.25, 0.3) is 5.69 Å². The average molecular weight is 539 g/mol. The first-order valence-corrected chi connectivity index (χ1v) is 14.2. The maximum atomic E-state index is 12.9. The minimum Gasteiger partial charge on any atom is -0.335 e. The summed E-state index contributed by atoms with van der Waals surface area (Å²) >= 11 is 9.37. The summed E-state index contributed by atoms with van der Waals surface area (Å²) in [6, 6.07) is 17.9. The molecule has 0 spiro atoms. The van der Waals surface area contributed by atoms with E-state index in [9.17, 15) is 4.79 Å². The van der Waals surface area contributed by atoms with Crippen LogP contribution in [0.4, 0.5) is 0 Å². The number of amides is 1. The van der Waals surface area contributed by atoms with Gasteiger partial charge >= 0.3 is 0 Å². The third-order valence-electron chi connectivity index (χ3n) is 6.17. The Labute approximate surface area is 224 Å². The van der Waals surface area contributed by atoms with Crippen molar-refractivity contribution >= 4 is 40.6 Å². The number of carbonyl (C=O) groups excluding carboxylic acids is 1. The fourth-order valence-corrected chi connectivity index (χ4v) is 6.13. The summed E-state index contributed by atoms with van der Waals surface area (Å²) in [7, 11) is 0. The van der Waals surface area contributed by atoms with Gasteiger partial charge in [-0.1, -0.05) is 66.7 Å². The van der Waals surface area contributed by atoms with E-state index < -0.39 is 0 Å². The predicted molar refractivity (Wildman–Crippen MR) is 145 cm³/mol. The second kappa shape index (κ2) is 11.6. The molecule has 2 aromatic heterocycles. The molecule has 0 aliphatic carbocycles. The van der Waals surface area contributed by atoms with E-state index in [2.05, 4.69) is 43.7 Å². The molecule has 0 saturated carbocycles. The predicted octanol–water partition coefficient (Wildman–Crippen LogP) is 5.04. The molecule has 10 heteroatoms. The van der Waals surface area contributed by atoms with Crippen LogP contribution in [-0.4, -0.2) is 68.2 Å². The zero-order chi connectivity index (χ0) is 24.9. The van der Waals surface area contributed by atoms with Crippen LogP contribution in [0.15, 0.2) is 65.1 Å². The van der Waals surface area contributed by atoms with E-state index in [1.54, 1.807) is 11.8 Å². The lowest BCUT2D eigenvalue weighted by atomic mass is 10.1. The summed E-state index contributed by atoms with van der Waals surface area (Å²) in [6.45, 7) is 6.51. The molecule has 1 aliphatic heterocycles. The van der Waals surface area contributed by atoms with Gasteiger partial charge in [0, 0.05) is 43.0 Å². The first-order chi connectivity index (χ1) is 17.6. The van der Waals surface area contributed by atoms with Gasteiger partial charge in [0.05, 0.1) is 11.4 Å². The van der Waals surface area contributed by atoms with Crippen LogP contribution in [0.5, 0.6) is 0 Å². The number of hydrogen-bond acceptors (Lipinski definition) is 7. The van der Waals surface area contributed by atoms with Crippen LogP contribution in [0.1, 0.15) is 33.8 Å². The van der Waals surface area contributed by atoms with Crippen molar-refractivity contribution in [2.45, 2.75) is 24.3 Å². The highest BCUT2D eigenvalue weighted by Crippen LogP contribution is 2.28. The van der Waals surface area contributed by atoms with E-state index in [-0.39, 0.29) is 5.91 Å². The zero-order valence-electron chi connectivity index (χ0n) is 20.0. The molecule has 0 unspecified atom stereocenters. The summed E-state index contributed by atoms with van der Waals surface area (Å²) in [4.78, 5) is 21.8. The standard InChI is InChI=1S/C26H27ClN6OS2/c1-2-31-11-13-32(14-12-31)25(34)22-17-35-24(28-22)18-36-26-30-29-23(15-19-7-4-3-5-8-19)33(26)21-10-6-9-20(27)16-21/h3-10,16-17H,2,11-15,18H2,1H3. The number of nitrogens with zero attached hydrogens (tertiary/aromatic N) is 6. The Bertz CT molecular complexity index is 1320. The number of hydrogen-bond donors (Lipinski definition) is 0. The Morgan fingerprint density at radius 1 is 1.06 bits per heavy atom. The first-order valence-electron chi connectivity index (χ1n) is 11.9. The summed E-state index contributed by atoms with van der Waals surface area (Å²) in [5, 5.41) is 13.2. The van der Waals surface area contributed by atoms with E-state index in [1.165, 1.54) is 11.3 Å². The fourth-order valence-electron chi connectivity index (χ4n) is 4.19. The van der Waals surface area contributed by atoms with E-state index in [4.69, 9.17) is 11.6 Å². The molecule has 1 aliphatic rings. The van der Waals surface area contributed by atoms with Crippen molar-refractivity contribution in [3.8, 4) is 5.69 Å². The van der Waals surface area contributed by atoms with Crippen molar-refractivity contribution in [1.29, 1.82) is 0 Å². The normalized spacial score (nSPS) is 14.3. The highest BCUT2D eigenvalue weighted by atomic mass is 35.5. The lowest BCUT2D eigenvalue weighted by Crippen LogP contribution is -2.48. The molecule has 1 amide bonds. The second-order valence-corrected chi connectivity index (χ2v) is 10.8. The number of benzene rings is 2. The van der Waals surface area contributed by atoms with Crippen molar-refractivity contribution in [2.75, 3.05) is 32.7 Å². The largest absolute Gasteiger partial charge is 0.335 e. The van der Waals surface area contributed by atoms with Crippen LogP contribution < -0.4 is 0 Å². The SMILES string of the molecule is CCN1CCN(C(=O)c2csc(CSc3nnc(Cc4ccccc4)n3-c3cccc(Cl)c3)n2)CC1. The first kappa shape index (κ1) is 25.0. The Kier molecular flexibility index (Phi) is 8.01. The smallest absolute Gasteiger partial charge is 0.273 e. The molecule has 0 radical (unpaired) electrons. The maximum absolute atomic E-state index is 12.9. The number of thiazole rings is 1. The summed E-state index contributed by atoms with van der Waals surface area (Å²) in [5.74, 6) is 1.46. The number of carbonyl (C=O) groups is 1. The van der Waals surface area contributed by atoms with Gasteiger partial charge in [0.25, 0.3) is 5.91 Å². The van der Waals surface area contributed by atoms with Gasteiger partial charge in [-0.05, 0) is 30.3 Å². The molecule has 0 atom stereocenters. The van der Waals surface area contributed by atoms with Gasteiger partial charge in [0.15, 0.2) is 5.16 Å². The average Bonchev–Trinajstić information content (AvgIpc) is 3.55. The van der Waals surface area contributed by atoms with Crippen molar-refractivity contribution < 1.29 is 4.79 Å². The van der Waals surface area contributed by atoms with Gasteiger partial charge in [-0.2, -0.15) is 0 Å². The third kappa shape index (κ3) is 5.81. The lowest BCUT2D eigenvalue weighted by molar-refractivity contribution is 0.0638. The van der Waals surface area contributed by atoms with E-state index >= 15 is 0 Å². The van der Waals surface area contributed by atoms with E-state index in [1.807, 2.05) is 52.7 Å². The maximum Gasteiger partial charge on any atom is 0.273 e. The molecule has 1 fully saturated rings. The van der Waals surface area contributed by atoms with Crippen LogP contribution in [-0.2, 0) is 12.2 Å². The minimum absolute atomic E-state index is 0.0190. The number of halogens is 1. The monoisotopic (exact) mass is 538 g/mol. The second-order valence-electron chi connectivity index (χ2n) is 8.52. The highest BCUT2D eigenvalue weighted by Gasteiger charge is 2.23. The molecule has 5 rings (SSSR count). The van der Waals surface area contributed by atoms with Crippen LogP contribution in [0, 0.1) is 0 Å². The van der Waals surface area contributed by atoms with Crippen molar-refractivity contribution in [1.82, 2.24) is 29.5 Å². The van der Waals surface area contributed by atoms with Gasteiger partial charge in [0.1, 0.15) is 16.5 Å². The van der Waals surface area contributed by atoms with E-state index in [0.29, 0.717) is 22.9 Å². The number of aromatic nitrogens is 4. The minimum atomic E-state index is 0.0190. The number of rotatable bonds is 8. The van der Waals surface area contributed by atoms with Gasteiger partial charge in [-0.3, -0.25) is 9.36 Å². The third-order valence-corrected chi connectivity index (χ3v) is 8.38. The number of likely N-dealkylation sites (N-methyl/N-ethyl adjacent to an activating group) is 1. The van der Waals surface area contributed by atoms with Crippen LogP contribution in [0.3, 0.4) is 0 Å². The highest BCUT2D eigenvalue weighted by molar-refractivity contribution is 7.98. The van der Waals surface area contributed by atoms with Crippen molar-refractivity contribution in [2.24, 2.45) is 0 Å². The van der Waals surface area contributed by atoms with E-state index in [0.717, 1.165) is 60.0 Å². The van der Waals surface area contributed by atoms with Gasteiger partial charge in [-0.15, -0.1) is 21.5 Å². The molecular formula is C26H27ClN6OS2. The Balaban J connectivity index is 1.31. The molecule has 1 saturated heterocycles. The topological polar surface area (TPSA) is 67.2 Å². The summed E-state index contributed by atoms with van der Waals surface area (Å²) in [6.07, 6.45) is 0.655. The van der Waals surface area contributed by atoms with Gasteiger partial charge < -0.3 is 9.80 Å². The number of piperazine rings is 1. The Morgan fingerprint density at radius 2 is 1.86 bits per heavy atom. The Hall–Kier alpha value is -2.72. The molecule has 3 heterocycles. The number of thioether (sulfide) groups is 1. The van der Waals surface area contributed by atoms with Gasteiger partial charge in [0.2, 0.25) is 0 Å². The zero-order valence-corrected chi connectivity index (χ0v) is 22.4. The summed E-state index contributed by atoms with van der Waals surface area (Å²) < 4.78 is 2.05. The molecule has 7 nitrogen and oxygen atoms in total. The summed E-state index contributed by atoms with van der Waals surface area (Å²) in [5.41, 5.74) is 2.61. The van der Waals surface area contributed by atoms with Gasteiger partial charge in [-0.25, -0.2) is 4.98 Å². The molecule has 0 bridgehead atoms. The van der Waals surface area contributed by atoms with Crippen molar-refractivity contribution in [3.63, 3.8) is 0 Å². The molecule has 0 N–H and O–H groups in total. The molecule has 4 aromatic rings. The molecular weight excluding hydrogens is 512 g/mol. The molecule has 186 valence electrons.